The second kappa shape index (κ2) is 6.44. The molecule has 4 heteroatoms. The first-order valence-corrected chi connectivity index (χ1v) is 7.51. The Bertz CT molecular complexity index is 452. The quantitative estimate of drug-likeness (QED) is 0.791. The molecule has 4 nitrogen and oxygen atoms in total. The number of carboxylic acid groups (broad SMARTS) is 1. The maximum Gasteiger partial charge on any atom is 0.303 e. The van der Waals surface area contributed by atoms with E-state index in [0.29, 0.717) is 18.4 Å². The van der Waals surface area contributed by atoms with Crippen molar-refractivity contribution >= 4 is 5.97 Å². The van der Waals surface area contributed by atoms with Gasteiger partial charge in [0.15, 0.2) is 0 Å². The van der Waals surface area contributed by atoms with Gasteiger partial charge in [-0.3, -0.25) is 9.69 Å². The van der Waals surface area contributed by atoms with Crippen LogP contribution >= 0.6 is 0 Å². The highest BCUT2D eigenvalue weighted by Gasteiger charge is 2.36. The third-order valence-corrected chi connectivity index (χ3v) is 4.08. The van der Waals surface area contributed by atoms with Crippen LogP contribution in [-0.4, -0.2) is 28.6 Å². The zero-order valence-electron chi connectivity index (χ0n) is 12.6. The molecular weight excluding hydrogens is 254 g/mol. The van der Waals surface area contributed by atoms with Crippen molar-refractivity contribution in [3.8, 4) is 0 Å². The Hall–Kier alpha value is -1.29. The minimum atomic E-state index is -0.725. The molecule has 1 N–H and O–H groups in total. The Labute approximate surface area is 120 Å². The van der Waals surface area contributed by atoms with Gasteiger partial charge in [0.25, 0.3) is 0 Å². The Morgan fingerprint density at radius 3 is 2.75 bits per heavy atom. The van der Waals surface area contributed by atoms with Crippen molar-refractivity contribution in [3.63, 3.8) is 0 Å². The second-order valence-electron chi connectivity index (χ2n) is 6.19. The van der Waals surface area contributed by atoms with Crippen LogP contribution in [0.1, 0.15) is 57.5 Å². The molecule has 1 heterocycles. The summed E-state index contributed by atoms with van der Waals surface area (Å²) in [6, 6.07) is 4.55. The third-order valence-electron chi connectivity index (χ3n) is 4.08. The molecule has 1 saturated carbocycles. The molecule has 0 saturated heterocycles. The van der Waals surface area contributed by atoms with Crippen LogP contribution in [0.2, 0.25) is 0 Å². The van der Waals surface area contributed by atoms with E-state index in [1.165, 1.54) is 6.42 Å². The average Bonchev–Trinajstić information content (AvgIpc) is 2.91. The van der Waals surface area contributed by atoms with E-state index in [0.717, 1.165) is 30.5 Å². The molecule has 0 radical (unpaired) electrons. The number of aliphatic carboxylic acids is 1. The van der Waals surface area contributed by atoms with E-state index in [9.17, 15) is 4.79 Å². The van der Waals surface area contributed by atoms with Gasteiger partial charge in [-0.15, -0.1) is 0 Å². The van der Waals surface area contributed by atoms with Gasteiger partial charge >= 0.3 is 5.97 Å². The fourth-order valence-corrected chi connectivity index (χ4v) is 2.55. The monoisotopic (exact) mass is 279 g/mol. The summed E-state index contributed by atoms with van der Waals surface area (Å²) in [6.07, 6.45) is 2.15. The predicted molar refractivity (Wildman–Crippen MR) is 77.6 cm³/mol. The SMILES string of the molecule is CC1CC1c1ccc(CN(CCCC(=O)O)C(C)C)o1. The van der Waals surface area contributed by atoms with Gasteiger partial charge in [0.05, 0.1) is 6.54 Å². The average molecular weight is 279 g/mol. The van der Waals surface area contributed by atoms with Crippen molar-refractivity contribution in [3.05, 3.63) is 23.7 Å². The smallest absolute Gasteiger partial charge is 0.303 e. The minimum absolute atomic E-state index is 0.228. The maximum absolute atomic E-state index is 10.6. The maximum atomic E-state index is 10.6. The van der Waals surface area contributed by atoms with Gasteiger partial charge in [-0.05, 0) is 51.3 Å². The van der Waals surface area contributed by atoms with E-state index in [4.69, 9.17) is 9.52 Å². The number of furan rings is 1. The highest BCUT2D eigenvalue weighted by atomic mass is 16.4. The number of nitrogens with zero attached hydrogens (tertiary/aromatic N) is 1. The summed E-state index contributed by atoms with van der Waals surface area (Å²) in [5, 5.41) is 8.71. The van der Waals surface area contributed by atoms with Crippen LogP contribution in [-0.2, 0) is 11.3 Å². The molecule has 2 unspecified atom stereocenters. The van der Waals surface area contributed by atoms with Gasteiger partial charge < -0.3 is 9.52 Å². The highest BCUT2D eigenvalue weighted by molar-refractivity contribution is 5.66. The van der Waals surface area contributed by atoms with Gasteiger partial charge in [-0.2, -0.15) is 0 Å². The molecule has 20 heavy (non-hydrogen) atoms. The Balaban J connectivity index is 1.87. The lowest BCUT2D eigenvalue weighted by Gasteiger charge is -2.25. The highest BCUT2D eigenvalue weighted by Crippen LogP contribution is 2.47. The largest absolute Gasteiger partial charge is 0.481 e. The van der Waals surface area contributed by atoms with E-state index < -0.39 is 5.97 Å². The molecule has 1 aliphatic carbocycles. The summed E-state index contributed by atoms with van der Waals surface area (Å²) in [6.45, 7) is 8.07. The van der Waals surface area contributed by atoms with Gasteiger partial charge in [-0.25, -0.2) is 0 Å². The first-order valence-electron chi connectivity index (χ1n) is 7.51. The van der Waals surface area contributed by atoms with E-state index in [2.05, 4.69) is 37.8 Å². The summed E-state index contributed by atoms with van der Waals surface area (Å²) in [7, 11) is 0. The van der Waals surface area contributed by atoms with E-state index in [-0.39, 0.29) is 6.42 Å². The number of hydrogen-bond acceptors (Lipinski definition) is 3. The molecule has 2 rings (SSSR count). The van der Waals surface area contributed by atoms with Crippen LogP contribution in [0, 0.1) is 5.92 Å². The number of carboxylic acids is 1. The summed E-state index contributed by atoms with van der Waals surface area (Å²) < 4.78 is 5.93. The standard InChI is InChI=1S/C16H25NO3/c1-11(2)17(8-4-5-16(18)19)10-13-6-7-15(20-13)14-9-12(14)3/h6-7,11-12,14H,4-5,8-10H2,1-3H3,(H,18,19). The summed E-state index contributed by atoms with van der Waals surface area (Å²) in [5.41, 5.74) is 0. The molecule has 1 aromatic heterocycles. The molecule has 112 valence electrons. The van der Waals surface area contributed by atoms with Gasteiger partial charge in [-0.1, -0.05) is 6.92 Å². The molecule has 0 bridgehead atoms. The van der Waals surface area contributed by atoms with Crippen LogP contribution in [0.3, 0.4) is 0 Å². The van der Waals surface area contributed by atoms with Gasteiger partial charge in [0.1, 0.15) is 11.5 Å². The molecule has 0 spiro atoms. The van der Waals surface area contributed by atoms with E-state index in [1.54, 1.807) is 0 Å². The van der Waals surface area contributed by atoms with Crippen molar-refractivity contribution in [1.29, 1.82) is 0 Å². The zero-order valence-corrected chi connectivity index (χ0v) is 12.6. The van der Waals surface area contributed by atoms with Gasteiger partial charge in [0, 0.05) is 18.4 Å². The van der Waals surface area contributed by atoms with Crippen LogP contribution in [0.5, 0.6) is 0 Å². The van der Waals surface area contributed by atoms with Crippen molar-refractivity contribution in [2.75, 3.05) is 6.54 Å². The fourth-order valence-electron chi connectivity index (χ4n) is 2.55. The first-order chi connectivity index (χ1) is 9.47. The molecule has 1 aromatic rings. The lowest BCUT2D eigenvalue weighted by molar-refractivity contribution is -0.137. The van der Waals surface area contributed by atoms with E-state index >= 15 is 0 Å². The first kappa shape index (κ1) is 15.1. The minimum Gasteiger partial charge on any atom is -0.481 e. The molecule has 0 amide bonds. The van der Waals surface area contributed by atoms with Crippen LogP contribution < -0.4 is 0 Å². The summed E-state index contributed by atoms with van der Waals surface area (Å²) in [5.74, 6) is 2.75. The summed E-state index contributed by atoms with van der Waals surface area (Å²) >= 11 is 0. The third kappa shape index (κ3) is 4.10. The van der Waals surface area contributed by atoms with Crippen molar-refractivity contribution < 1.29 is 14.3 Å². The second-order valence-corrected chi connectivity index (χ2v) is 6.19. The van der Waals surface area contributed by atoms with Gasteiger partial charge in [0.2, 0.25) is 0 Å². The molecule has 0 aromatic carbocycles. The van der Waals surface area contributed by atoms with Crippen LogP contribution in [0.25, 0.3) is 0 Å². The molecule has 1 fully saturated rings. The fraction of sp³-hybridized carbons (Fsp3) is 0.688. The molecule has 2 atom stereocenters. The Morgan fingerprint density at radius 1 is 1.50 bits per heavy atom. The Morgan fingerprint density at radius 2 is 2.20 bits per heavy atom. The van der Waals surface area contributed by atoms with Crippen LogP contribution in [0.4, 0.5) is 0 Å². The van der Waals surface area contributed by atoms with Crippen molar-refractivity contribution in [1.82, 2.24) is 4.90 Å². The molecular formula is C16H25NO3. The van der Waals surface area contributed by atoms with Crippen molar-refractivity contribution in [2.24, 2.45) is 5.92 Å². The summed E-state index contributed by atoms with van der Waals surface area (Å²) in [4.78, 5) is 12.9. The normalized spacial score (nSPS) is 21.6. The lowest BCUT2D eigenvalue weighted by atomic mass is 10.2. The number of rotatable bonds is 8. The number of carbonyl (C=O) groups is 1. The molecule has 1 aliphatic rings. The van der Waals surface area contributed by atoms with Crippen LogP contribution in [0.15, 0.2) is 16.5 Å². The topological polar surface area (TPSA) is 53.7 Å². The van der Waals surface area contributed by atoms with Crippen molar-refractivity contribution in [2.45, 2.75) is 58.5 Å². The number of hydrogen-bond donors (Lipinski definition) is 1. The predicted octanol–water partition coefficient (Wildman–Crippen LogP) is 3.48. The lowest BCUT2D eigenvalue weighted by Crippen LogP contribution is -2.31. The zero-order chi connectivity index (χ0) is 14.7. The van der Waals surface area contributed by atoms with E-state index in [1.807, 2.05) is 0 Å². The Kier molecular flexibility index (Phi) is 4.86. The molecule has 0 aliphatic heterocycles.